The molecular formula is C14H18ClN3O3. The Kier molecular flexibility index (Phi) is 5.14. The lowest BCUT2D eigenvalue weighted by Gasteiger charge is -2.23. The summed E-state index contributed by atoms with van der Waals surface area (Å²) in [6.45, 7) is 2.77. The van der Waals surface area contributed by atoms with Gasteiger partial charge in [-0.05, 0) is 19.1 Å². The minimum atomic E-state index is -0.366. The van der Waals surface area contributed by atoms with Gasteiger partial charge in [0.2, 0.25) is 11.8 Å². The average Bonchev–Trinajstić information content (AvgIpc) is 2.84. The van der Waals surface area contributed by atoms with E-state index in [1.54, 1.807) is 24.1 Å². The Balaban J connectivity index is 1.95. The molecule has 1 aromatic rings. The molecule has 0 spiro atoms. The summed E-state index contributed by atoms with van der Waals surface area (Å²) in [7, 11) is 1.59. The minimum absolute atomic E-state index is 0.0243. The summed E-state index contributed by atoms with van der Waals surface area (Å²) in [5.41, 5.74) is 0. The fraction of sp³-hybridized carbons (Fsp3) is 0.500. The van der Waals surface area contributed by atoms with Crippen molar-refractivity contribution in [2.75, 3.05) is 25.6 Å². The van der Waals surface area contributed by atoms with Gasteiger partial charge in [0.05, 0.1) is 23.6 Å². The number of halogens is 1. The number of nitrogens with one attached hydrogen (secondary N) is 1. The van der Waals surface area contributed by atoms with Crippen LogP contribution in [0.3, 0.4) is 0 Å². The number of pyridine rings is 1. The number of rotatable bonds is 5. The molecule has 114 valence electrons. The van der Waals surface area contributed by atoms with Gasteiger partial charge in [-0.3, -0.25) is 9.59 Å². The summed E-state index contributed by atoms with van der Waals surface area (Å²) in [6, 6.07) is 3.24. The van der Waals surface area contributed by atoms with Crippen molar-refractivity contribution in [3.8, 4) is 0 Å². The van der Waals surface area contributed by atoms with Crippen molar-refractivity contribution >= 4 is 29.2 Å². The number of amides is 2. The van der Waals surface area contributed by atoms with Gasteiger partial charge in [0, 0.05) is 26.3 Å². The minimum Gasteiger partial charge on any atom is -0.383 e. The van der Waals surface area contributed by atoms with Crippen molar-refractivity contribution in [3.63, 3.8) is 0 Å². The van der Waals surface area contributed by atoms with E-state index < -0.39 is 0 Å². The number of nitrogens with zero attached hydrogens (tertiary/aromatic N) is 2. The lowest BCUT2D eigenvalue weighted by molar-refractivity contribution is -0.130. The number of likely N-dealkylation sites (tertiary alicyclic amines) is 1. The number of carbonyl (C=O) groups excluding carboxylic acids is 2. The molecule has 0 bridgehead atoms. The Hall–Kier alpha value is -1.66. The molecule has 21 heavy (non-hydrogen) atoms. The second-order valence-electron chi connectivity index (χ2n) is 5.10. The number of methoxy groups -OCH3 is 1. The van der Waals surface area contributed by atoms with E-state index in [1.165, 1.54) is 6.20 Å². The van der Waals surface area contributed by atoms with Gasteiger partial charge in [-0.15, -0.1) is 0 Å². The Morgan fingerprint density at radius 2 is 2.38 bits per heavy atom. The van der Waals surface area contributed by atoms with Crippen molar-refractivity contribution in [2.24, 2.45) is 5.92 Å². The Morgan fingerprint density at radius 1 is 1.62 bits per heavy atom. The van der Waals surface area contributed by atoms with E-state index in [0.29, 0.717) is 24.0 Å². The molecule has 0 aliphatic carbocycles. The maximum absolute atomic E-state index is 12.2. The van der Waals surface area contributed by atoms with Crippen LogP contribution in [0.2, 0.25) is 5.02 Å². The van der Waals surface area contributed by atoms with Gasteiger partial charge in [0.25, 0.3) is 0 Å². The maximum atomic E-state index is 12.2. The fourth-order valence-corrected chi connectivity index (χ4v) is 2.45. The maximum Gasteiger partial charge on any atom is 0.230 e. The van der Waals surface area contributed by atoms with Crippen LogP contribution in [0.4, 0.5) is 5.82 Å². The van der Waals surface area contributed by atoms with Gasteiger partial charge in [0.15, 0.2) is 0 Å². The molecule has 2 atom stereocenters. The summed E-state index contributed by atoms with van der Waals surface area (Å²) in [6.07, 6.45) is 1.68. The summed E-state index contributed by atoms with van der Waals surface area (Å²) < 4.78 is 5.05. The van der Waals surface area contributed by atoms with Crippen LogP contribution in [0.25, 0.3) is 0 Å². The first-order valence-corrected chi connectivity index (χ1v) is 7.10. The van der Waals surface area contributed by atoms with E-state index in [2.05, 4.69) is 10.3 Å². The number of carbonyl (C=O) groups is 2. The van der Waals surface area contributed by atoms with Gasteiger partial charge < -0.3 is 15.0 Å². The quantitative estimate of drug-likeness (QED) is 0.895. The van der Waals surface area contributed by atoms with Crippen LogP contribution in [-0.4, -0.2) is 48.0 Å². The standard InChI is InChI=1S/C14H18ClN3O3/c1-9(8-21-2)18-7-10(5-13(18)19)14(20)17-12-4-3-11(15)6-16-12/h3-4,6,9-10H,5,7-8H2,1-2H3,(H,16,17,20)/t9-,10+/m0/s1. The van der Waals surface area contributed by atoms with Gasteiger partial charge >= 0.3 is 0 Å². The summed E-state index contributed by atoms with van der Waals surface area (Å²) in [5.74, 6) is -0.163. The zero-order valence-electron chi connectivity index (χ0n) is 12.0. The number of hydrogen-bond donors (Lipinski definition) is 1. The van der Waals surface area contributed by atoms with Gasteiger partial charge in [-0.1, -0.05) is 11.6 Å². The molecule has 1 fully saturated rings. The third-order valence-electron chi connectivity index (χ3n) is 3.45. The van der Waals surface area contributed by atoms with Crippen LogP contribution in [0, 0.1) is 5.92 Å². The van der Waals surface area contributed by atoms with Crippen molar-refractivity contribution in [1.29, 1.82) is 0 Å². The molecule has 2 heterocycles. The first-order valence-electron chi connectivity index (χ1n) is 6.72. The van der Waals surface area contributed by atoms with Crippen molar-refractivity contribution in [1.82, 2.24) is 9.88 Å². The van der Waals surface area contributed by atoms with Crippen LogP contribution in [0.1, 0.15) is 13.3 Å². The Labute approximate surface area is 128 Å². The highest BCUT2D eigenvalue weighted by atomic mass is 35.5. The Morgan fingerprint density at radius 3 is 3.00 bits per heavy atom. The van der Waals surface area contributed by atoms with Crippen LogP contribution >= 0.6 is 11.6 Å². The van der Waals surface area contributed by atoms with E-state index in [-0.39, 0.29) is 30.2 Å². The zero-order valence-corrected chi connectivity index (χ0v) is 12.8. The smallest absolute Gasteiger partial charge is 0.230 e. The molecule has 0 saturated carbocycles. The first kappa shape index (κ1) is 15.7. The molecule has 1 N–H and O–H groups in total. The SMILES string of the molecule is COC[C@H](C)N1C[C@H](C(=O)Nc2ccc(Cl)cn2)CC1=O. The highest BCUT2D eigenvalue weighted by Gasteiger charge is 2.36. The van der Waals surface area contributed by atoms with Crippen molar-refractivity contribution < 1.29 is 14.3 Å². The average molecular weight is 312 g/mol. The second-order valence-corrected chi connectivity index (χ2v) is 5.54. The molecule has 0 radical (unpaired) electrons. The van der Waals surface area contributed by atoms with Gasteiger partial charge in [-0.25, -0.2) is 4.98 Å². The first-order chi connectivity index (χ1) is 10.0. The largest absolute Gasteiger partial charge is 0.383 e. The van der Waals surface area contributed by atoms with E-state index >= 15 is 0 Å². The van der Waals surface area contributed by atoms with Crippen LogP contribution < -0.4 is 5.32 Å². The highest BCUT2D eigenvalue weighted by Crippen LogP contribution is 2.22. The molecule has 7 heteroatoms. The lowest BCUT2D eigenvalue weighted by atomic mass is 10.1. The lowest BCUT2D eigenvalue weighted by Crippen LogP contribution is -2.38. The molecule has 2 rings (SSSR count). The molecule has 2 amide bonds. The molecular weight excluding hydrogens is 294 g/mol. The normalized spacial score (nSPS) is 19.7. The molecule has 1 aliphatic heterocycles. The topological polar surface area (TPSA) is 71.5 Å². The highest BCUT2D eigenvalue weighted by molar-refractivity contribution is 6.30. The van der Waals surface area contributed by atoms with Crippen LogP contribution in [0.15, 0.2) is 18.3 Å². The zero-order chi connectivity index (χ0) is 15.4. The number of ether oxygens (including phenoxy) is 1. The third-order valence-corrected chi connectivity index (χ3v) is 3.67. The van der Waals surface area contributed by atoms with Crippen LogP contribution in [-0.2, 0) is 14.3 Å². The monoisotopic (exact) mass is 311 g/mol. The predicted molar refractivity (Wildman–Crippen MR) is 79.0 cm³/mol. The number of hydrogen-bond acceptors (Lipinski definition) is 4. The molecule has 6 nitrogen and oxygen atoms in total. The molecule has 1 aliphatic rings. The van der Waals surface area contributed by atoms with Crippen molar-refractivity contribution in [2.45, 2.75) is 19.4 Å². The predicted octanol–water partition coefficient (Wildman–Crippen LogP) is 1.56. The van der Waals surface area contributed by atoms with Gasteiger partial charge in [-0.2, -0.15) is 0 Å². The summed E-state index contributed by atoms with van der Waals surface area (Å²) >= 11 is 5.74. The van der Waals surface area contributed by atoms with Crippen LogP contribution in [0.5, 0.6) is 0 Å². The van der Waals surface area contributed by atoms with E-state index in [9.17, 15) is 9.59 Å². The van der Waals surface area contributed by atoms with Gasteiger partial charge in [0.1, 0.15) is 5.82 Å². The second kappa shape index (κ2) is 6.87. The molecule has 0 aromatic carbocycles. The Bertz CT molecular complexity index is 521. The molecule has 1 aromatic heterocycles. The number of anilines is 1. The van der Waals surface area contributed by atoms with Crippen molar-refractivity contribution in [3.05, 3.63) is 23.4 Å². The molecule has 0 unspecified atom stereocenters. The number of aromatic nitrogens is 1. The third kappa shape index (κ3) is 3.92. The summed E-state index contributed by atoms with van der Waals surface area (Å²) in [5, 5.41) is 3.21. The van der Waals surface area contributed by atoms with E-state index in [0.717, 1.165) is 0 Å². The molecule has 1 saturated heterocycles. The van der Waals surface area contributed by atoms with E-state index in [1.807, 2.05) is 6.92 Å². The fourth-order valence-electron chi connectivity index (χ4n) is 2.34. The summed E-state index contributed by atoms with van der Waals surface area (Å²) in [4.78, 5) is 29.8. The van der Waals surface area contributed by atoms with E-state index in [4.69, 9.17) is 16.3 Å².